The minimum absolute atomic E-state index is 0.136. The molecule has 1 heterocycles. The van der Waals surface area contributed by atoms with Crippen molar-refractivity contribution in [1.29, 1.82) is 0 Å². The van der Waals surface area contributed by atoms with Crippen LogP contribution in [0, 0.1) is 6.92 Å². The van der Waals surface area contributed by atoms with E-state index in [0.717, 1.165) is 5.56 Å². The molecule has 0 fully saturated rings. The number of furan rings is 1. The normalized spacial score (nSPS) is 10.0. The summed E-state index contributed by atoms with van der Waals surface area (Å²) in [6.45, 7) is 3.29. The molecular weight excluding hydrogens is 244 g/mol. The molecule has 0 aliphatic rings. The third kappa shape index (κ3) is 3.45. The second kappa shape index (κ2) is 5.39. The first kappa shape index (κ1) is 12.9. The number of rotatable bonds is 3. The van der Waals surface area contributed by atoms with Crippen LogP contribution in [0.5, 0.6) is 0 Å². The predicted molar refractivity (Wildman–Crippen MR) is 72.1 cm³/mol. The highest BCUT2D eigenvalue weighted by molar-refractivity contribution is 6.02. The van der Waals surface area contributed by atoms with Crippen LogP contribution in [0.1, 0.15) is 23.0 Å². The van der Waals surface area contributed by atoms with Crippen molar-refractivity contribution in [1.82, 2.24) is 0 Å². The Labute approximate surface area is 110 Å². The van der Waals surface area contributed by atoms with E-state index in [2.05, 4.69) is 10.6 Å². The molecule has 2 rings (SSSR count). The molecule has 0 saturated carbocycles. The maximum Gasteiger partial charge on any atom is 0.291 e. The van der Waals surface area contributed by atoms with Gasteiger partial charge in [-0.05, 0) is 42.8 Å². The average molecular weight is 258 g/mol. The van der Waals surface area contributed by atoms with Crippen LogP contribution in [-0.4, -0.2) is 11.8 Å². The first-order valence-electron chi connectivity index (χ1n) is 5.79. The molecule has 2 amide bonds. The van der Waals surface area contributed by atoms with Gasteiger partial charge in [0.25, 0.3) is 5.91 Å². The number of nitrogens with one attached hydrogen (secondary N) is 2. The molecule has 19 heavy (non-hydrogen) atoms. The van der Waals surface area contributed by atoms with E-state index in [1.54, 1.807) is 30.3 Å². The van der Waals surface area contributed by atoms with Crippen LogP contribution in [0.4, 0.5) is 11.4 Å². The summed E-state index contributed by atoms with van der Waals surface area (Å²) in [7, 11) is 0. The Kier molecular flexibility index (Phi) is 3.66. The summed E-state index contributed by atoms with van der Waals surface area (Å²) >= 11 is 0. The van der Waals surface area contributed by atoms with Crippen LogP contribution in [0.25, 0.3) is 0 Å². The van der Waals surface area contributed by atoms with Crippen molar-refractivity contribution in [2.45, 2.75) is 13.8 Å². The van der Waals surface area contributed by atoms with Gasteiger partial charge in [0.15, 0.2) is 5.76 Å². The maximum absolute atomic E-state index is 11.8. The number of carbonyl (C=O) groups excluding carboxylic acids is 2. The number of aryl methyl sites for hydroxylation is 1. The molecule has 1 aromatic carbocycles. The zero-order chi connectivity index (χ0) is 13.8. The van der Waals surface area contributed by atoms with E-state index in [1.165, 1.54) is 13.2 Å². The molecule has 5 heteroatoms. The summed E-state index contributed by atoms with van der Waals surface area (Å²) in [5.74, 6) is -0.174. The molecule has 0 aliphatic heterocycles. The summed E-state index contributed by atoms with van der Waals surface area (Å²) in [5.41, 5.74) is 2.21. The van der Waals surface area contributed by atoms with Gasteiger partial charge in [-0.25, -0.2) is 0 Å². The minimum atomic E-state index is -0.305. The second-order valence-electron chi connectivity index (χ2n) is 4.20. The number of anilines is 2. The highest BCUT2D eigenvalue weighted by atomic mass is 16.3. The third-order valence-electron chi connectivity index (χ3n) is 2.42. The Morgan fingerprint density at radius 1 is 1.05 bits per heavy atom. The quantitative estimate of drug-likeness (QED) is 0.889. The van der Waals surface area contributed by atoms with E-state index < -0.39 is 0 Å². The Bertz CT molecular complexity index is 599. The molecule has 2 aromatic rings. The lowest BCUT2D eigenvalue weighted by molar-refractivity contribution is -0.114. The van der Waals surface area contributed by atoms with E-state index >= 15 is 0 Å². The first-order chi connectivity index (χ1) is 9.04. The molecule has 2 N–H and O–H groups in total. The molecule has 0 spiro atoms. The highest BCUT2D eigenvalue weighted by Gasteiger charge is 2.10. The summed E-state index contributed by atoms with van der Waals surface area (Å²) in [5, 5.41) is 5.36. The second-order valence-corrected chi connectivity index (χ2v) is 4.20. The van der Waals surface area contributed by atoms with Crippen molar-refractivity contribution in [3.8, 4) is 0 Å². The minimum Gasteiger partial charge on any atom is -0.459 e. The molecule has 98 valence electrons. The van der Waals surface area contributed by atoms with Gasteiger partial charge in [-0.3, -0.25) is 9.59 Å². The topological polar surface area (TPSA) is 71.3 Å². The van der Waals surface area contributed by atoms with Gasteiger partial charge in [0.1, 0.15) is 0 Å². The van der Waals surface area contributed by atoms with Crippen LogP contribution in [0.15, 0.2) is 41.0 Å². The fourth-order valence-corrected chi connectivity index (χ4v) is 1.58. The average Bonchev–Trinajstić information content (AvgIpc) is 2.78. The first-order valence-corrected chi connectivity index (χ1v) is 5.79. The van der Waals surface area contributed by atoms with Crippen molar-refractivity contribution in [2.75, 3.05) is 10.6 Å². The van der Waals surface area contributed by atoms with Crippen LogP contribution in [0.2, 0.25) is 0 Å². The van der Waals surface area contributed by atoms with Crippen LogP contribution < -0.4 is 10.6 Å². The highest BCUT2D eigenvalue weighted by Crippen LogP contribution is 2.15. The molecule has 0 aliphatic carbocycles. The zero-order valence-electron chi connectivity index (χ0n) is 10.7. The maximum atomic E-state index is 11.8. The van der Waals surface area contributed by atoms with Gasteiger partial charge in [0.2, 0.25) is 5.91 Å². The van der Waals surface area contributed by atoms with Crippen molar-refractivity contribution in [2.24, 2.45) is 0 Å². The van der Waals surface area contributed by atoms with Gasteiger partial charge in [0, 0.05) is 18.3 Å². The number of benzene rings is 1. The predicted octanol–water partition coefficient (Wildman–Crippen LogP) is 2.80. The van der Waals surface area contributed by atoms with Crippen LogP contribution in [0.3, 0.4) is 0 Å². The Morgan fingerprint density at radius 2 is 1.63 bits per heavy atom. The molecule has 5 nitrogen and oxygen atoms in total. The fraction of sp³-hybridized carbons (Fsp3) is 0.143. The van der Waals surface area contributed by atoms with Crippen LogP contribution in [-0.2, 0) is 4.79 Å². The van der Waals surface area contributed by atoms with E-state index in [4.69, 9.17) is 4.42 Å². The summed E-state index contributed by atoms with van der Waals surface area (Å²) in [4.78, 5) is 22.7. The molecule has 1 aromatic heterocycles. The van der Waals surface area contributed by atoms with Crippen LogP contribution >= 0.6 is 0 Å². The van der Waals surface area contributed by atoms with E-state index in [-0.39, 0.29) is 17.6 Å². The monoisotopic (exact) mass is 258 g/mol. The van der Waals surface area contributed by atoms with Gasteiger partial charge in [-0.2, -0.15) is 0 Å². The number of hydrogen-bond acceptors (Lipinski definition) is 3. The van der Waals surface area contributed by atoms with Gasteiger partial charge in [0.05, 0.1) is 6.26 Å². The largest absolute Gasteiger partial charge is 0.459 e. The van der Waals surface area contributed by atoms with E-state index in [0.29, 0.717) is 11.4 Å². The molecule has 0 radical (unpaired) electrons. The summed E-state index contributed by atoms with van der Waals surface area (Å²) in [6, 6.07) is 8.51. The smallest absolute Gasteiger partial charge is 0.291 e. The molecule has 0 atom stereocenters. The molecule has 0 bridgehead atoms. The van der Waals surface area contributed by atoms with Gasteiger partial charge in [-0.1, -0.05) is 0 Å². The number of hydrogen-bond donors (Lipinski definition) is 2. The van der Waals surface area contributed by atoms with Crippen molar-refractivity contribution >= 4 is 23.2 Å². The van der Waals surface area contributed by atoms with Gasteiger partial charge >= 0.3 is 0 Å². The Hall–Kier alpha value is -2.56. The molecular formula is C14H14N2O3. The van der Waals surface area contributed by atoms with E-state index in [9.17, 15) is 9.59 Å². The van der Waals surface area contributed by atoms with Gasteiger partial charge in [-0.15, -0.1) is 0 Å². The summed E-state index contributed by atoms with van der Waals surface area (Å²) in [6.07, 6.45) is 1.52. The summed E-state index contributed by atoms with van der Waals surface area (Å²) < 4.78 is 5.11. The third-order valence-corrected chi connectivity index (χ3v) is 2.42. The van der Waals surface area contributed by atoms with Crippen molar-refractivity contribution < 1.29 is 14.0 Å². The van der Waals surface area contributed by atoms with Gasteiger partial charge < -0.3 is 15.1 Å². The fourth-order valence-electron chi connectivity index (χ4n) is 1.58. The van der Waals surface area contributed by atoms with Crippen molar-refractivity contribution in [3.05, 3.63) is 47.9 Å². The van der Waals surface area contributed by atoms with E-state index in [1.807, 2.05) is 6.92 Å². The Balaban J connectivity index is 2.03. The zero-order valence-corrected chi connectivity index (χ0v) is 10.7. The lowest BCUT2D eigenvalue weighted by atomic mass is 10.2. The number of carbonyl (C=O) groups is 2. The lowest BCUT2D eigenvalue weighted by Gasteiger charge is -2.05. The molecule has 0 saturated heterocycles. The lowest BCUT2D eigenvalue weighted by Crippen LogP contribution is -2.11. The van der Waals surface area contributed by atoms with Crippen molar-refractivity contribution in [3.63, 3.8) is 0 Å². The molecule has 0 unspecified atom stereocenters. The standard InChI is InChI=1S/C14H14N2O3/c1-9-7-13(19-8-9)14(18)16-12-5-3-11(4-6-12)15-10(2)17/h3-8H,1-2H3,(H,15,17)(H,16,18). The number of amides is 2. The SMILES string of the molecule is CC(=O)Nc1ccc(NC(=O)c2cc(C)co2)cc1. The Morgan fingerprint density at radius 3 is 2.11 bits per heavy atom.